The van der Waals surface area contributed by atoms with Gasteiger partial charge < -0.3 is 27.3 Å². The summed E-state index contributed by atoms with van der Waals surface area (Å²) >= 11 is 0. The molecule has 0 heterocycles. The molecule has 41 heavy (non-hydrogen) atoms. The Kier molecular flexibility index (Phi) is 23.8. The number of carbonyl (C=O) groups excluding carboxylic acids is 3. The largest absolute Gasteiger partial charge is 0.480 e. The normalized spacial score (nSPS) is 13.2. The number of aliphatic imine (C=N–C) groups is 1. The van der Waals surface area contributed by atoms with Crippen molar-refractivity contribution >= 4 is 35.6 Å². The van der Waals surface area contributed by atoms with Crippen molar-refractivity contribution in [2.75, 3.05) is 13.1 Å². The van der Waals surface area contributed by atoms with Gasteiger partial charge in [0.1, 0.15) is 18.6 Å². The highest BCUT2D eigenvalue weighted by molar-refractivity contribution is 6.31. The van der Waals surface area contributed by atoms with Crippen LogP contribution in [-0.2, 0) is 24.2 Å². The van der Waals surface area contributed by atoms with Gasteiger partial charge in [-0.2, -0.15) is 10.6 Å². The maximum absolute atomic E-state index is 12.2. The van der Waals surface area contributed by atoms with E-state index in [0.29, 0.717) is 6.42 Å². The van der Waals surface area contributed by atoms with E-state index in [1.165, 1.54) is 64.0 Å². The molecule has 0 aromatic rings. The minimum absolute atomic E-state index is 0.0267. The van der Waals surface area contributed by atoms with Crippen molar-refractivity contribution in [3.63, 3.8) is 0 Å². The summed E-state index contributed by atoms with van der Waals surface area (Å²) in [7, 11) is 0. The first-order valence-electron chi connectivity index (χ1n) is 14.6. The number of halogens is 1. The van der Waals surface area contributed by atoms with Crippen LogP contribution >= 0.6 is 0 Å². The zero-order valence-electron chi connectivity index (χ0n) is 24.4. The Balaban J connectivity index is 4.25. The molecule has 0 aliphatic heterocycles. The zero-order valence-corrected chi connectivity index (χ0v) is 24.4. The van der Waals surface area contributed by atoms with Crippen LogP contribution in [0.3, 0.4) is 0 Å². The molecule has 0 aromatic heterocycles. The summed E-state index contributed by atoms with van der Waals surface area (Å²) < 4.78 is 11.6. The highest BCUT2D eigenvalue weighted by atomic mass is 19.3. The number of carbonyl (C=O) groups is 4. The first-order chi connectivity index (χ1) is 19.7. The predicted octanol–water partition coefficient (Wildman–Crippen LogP) is 2.58. The van der Waals surface area contributed by atoms with Crippen molar-refractivity contribution in [3.05, 3.63) is 0 Å². The molecule has 0 bridgehead atoms. The number of amides is 3. The lowest BCUT2D eigenvalue weighted by Gasteiger charge is -2.15. The number of nitrogens with two attached hydrogens (primary N) is 2. The maximum atomic E-state index is 12.2. The topological polar surface area (TPSA) is 211 Å². The number of hydroxylamine groups is 1. The van der Waals surface area contributed by atoms with E-state index in [9.17, 15) is 28.8 Å². The summed E-state index contributed by atoms with van der Waals surface area (Å²) in [4.78, 5) is 51.1. The number of hydrogen-bond acceptors (Lipinski definition) is 9. The molecule has 0 aliphatic rings. The number of nitrogens with zero attached hydrogens (tertiary/aromatic N) is 2. The Morgan fingerprint density at radius 1 is 0.878 bits per heavy atom. The van der Waals surface area contributed by atoms with Crippen molar-refractivity contribution in [1.82, 2.24) is 16.1 Å². The second kappa shape index (κ2) is 25.8. The second-order valence-electron chi connectivity index (χ2n) is 10.0. The molecule has 13 nitrogen and oxygen atoms in total. The first kappa shape index (κ1) is 37.9. The molecule has 8 N–H and O–H groups in total. The summed E-state index contributed by atoms with van der Waals surface area (Å²) in [5, 5.41) is 20.8. The second-order valence-corrected chi connectivity index (χ2v) is 10.0. The van der Waals surface area contributed by atoms with Crippen LogP contribution in [0, 0.1) is 0 Å². The van der Waals surface area contributed by atoms with Gasteiger partial charge in [0.05, 0.1) is 5.71 Å². The minimum atomic E-state index is -1.20. The average Bonchev–Trinajstić information content (AvgIpc) is 2.94. The van der Waals surface area contributed by atoms with Gasteiger partial charge >= 0.3 is 5.97 Å². The van der Waals surface area contributed by atoms with E-state index in [0.717, 1.165) is 19.3 Å². The van der Waals surface area contributed by atoms with Crippen LogP contribution in [0.2, 0.25) is 0 Å². The van der Waals surface area contributed by atoms with E-state index in [1.807, 2.05) is 0 Å². The molecule has 0 aliphatic carbocycles. The minimum Gasteiger partial charge on any atom is -0.480 e. The van der Waals surface area contributed by atoms with Crippen LogP contribution in [0.15, 0.2) is 10.1 Å². The van der Waals surface area contributed by atoms with Crippen LogP contribution in [0.5, 0.6) is 0 Å². The van der Waals surface area contributed by atoms with Gasteiger partial charge in [0, 0.05) is 25.6 Å². The lowest BCUT2D eigenvalue weighted by molar-refractivity contribution is -0.193. The van der Waals surface area contributed by atoms with Gasteiger partial charge in [-0.05, 0) is 17.4 Å². The van der Waals surface area contributed by atoms with E-state index in [4.69, 9.17) is 11.6 Å². The molecule has 0 aromatic carbocycles. The zero-order chi connectivity index (χ0) is 30.7. The predicted molar refractivity (Wildman–Crippen MR) is 155 cm³/mol. The van der Waals surface area contributed by atoms with Crippen molar-refractivity contribution in [1.29, 1.82) is 0 Å². The number of aliphatic carboxylic acids is 1. The number of hydrazone groups is 1. The number of nitrogens with one attached hydrogen (secondary N) is 3. The van der Waals surface area contributed by atoms with Gasteiger partial charge in [-0.25, -0.2) is 4.79 Å². The monoisotopic (exact) mass is 587 g/mol. The Morgan fingerprint density at radius 2 is 1.41 bits per heavy atom. The van der Waals surface area contributed by atoms with Gasteiger partial charge in [-0.1, -0.05) is 89.0 Å². The number of rotatable bonds is 27. The fourth-order valence-corrected chi connectivity index (χ4v) is 4.11. The van der Waals surface area contributed by atoms with Crippen LogP contribution in [0.4, 0.5) is 4.53 Å². The molecule has 236 valence electrons. The first-order valence-corrected chi connectivity index (χ1v) is 14.6. The lowest BCUT2D eigenvalue weighted by Crippen LogP contribution is -2.48. The molecule has 0 saturated carbocycles. The van der Waals surface area contributed by atoms with Crippen LogP contribution in [0.25, 0.3) is 0 Å². The van der Waals surface area contributed by atoms with Gasteiger partial charge in [0.25, 0.3) is 0 Å². The fraction of sp³-hybridized carbons (Fsp3) is 0.778. The van der Waals surface area contributed by atoms with Crippen LogP contribution in [0.1, 0.15) is 110 Å². The van der Waals surface area contributed by atoms with Crippen molar-refractivity contribution in [2.45, 2.75) is 122 Å². The van der Waals surface area contributed by atoms with Crippen LogP contribution in [-0.4, -0.2) is 65.9 Å². The van der Waals surface area contributed by atoms with E-state index in [-0.39, 0.29) is 37.4 Å². The number of carboxylic acid groups (broad SMARTS) is 1. The molecule has 0 spiro atoms. The van der Waals surface area contributed by atoms with E-state index in [1.54, 1.807) is 5.48 Å². The summed E-state index contributed by atoms with van der Waals surface area (Å²) in [6, 6.07) is -2.31. The quantitative estimate of drug-likeness (QED) is 0.0363. The van der Waals surface area contributed by atoms with Gasteiger partial charge in [0.15, 0.2) is 0 Å². The van der Waals surface area contributed by atoms with Crippen molar-refractivity contribution in [3.8, 4) is 0 Å². The third kappa shape index (κ3) is 22.3. The van der Waals surface area contributed by atoms with E-state index in [2.05, 4.69) is 32.7 Å². The number of hydrogen-bond donors (Lipinski definition) is 6. The Hall–Kier alpha value is -3.13. The van der Waals surface area contributed by atoms with Gasteiger partial charge in [-0.3, -0.25) is 19.4 Å². The van der Waals surface area contributed by atoms with Crippen molar-refractivity contribution < 1.29 is 33.9 Å². The summed E-state index contributed by atoms with van der Waals surface area (Å²) in [6.45, 7) is 1.69. The molecule has 14 heteroatoms. The summed E-state index contributed by atoms with van der Waals surface area (Å²) in [6.07, 6.45) is 16.9. The molecular weight excluding hydrogens is 537 g/mol. The highest BCUT2D eigenvalue weighted by Gasteiger charge is 2.21. The third-order valence-corrected chi connectivity index (χ3v) is 6.47. The Labute approximate surface area is 242 Å². The molecule has 0 unspecified atom stereocenters. The fourth-order valence-electron chi connectivity index (χ4n) is 4.11. The van der Waals surface area contributed by atoms with E-state index < -0.39 is 36.4 Å². The SMILES string of the molecule is CCCCCCCCCCCCCCCC(=O)N[C@@H](CCN=CC(C[C@H](NC(=O)CNOF)C(N)=O)=NN)C(=O)O. The Bertz CT molecular complexity index is 813. The van der Waals surface area contributed by atoms with Crippen molar-refractivity contribution in [2.24, 2.45) is 21.7 Å². The molecular formula is C27H50FN7O6. The Morgan fingerprint density at radius 3 is 1.90 bits per heavy atom. The molecule has 0 fully saturated rings. The number of carboxylic acids is 1. The van der Waals surface area contributed by atoms with Gasteiger partial charge in [0.2, 0.25) is 17.7 Å². The van der Waals surface area contributed by atoms with Gasteiger partial charge in [-0.15, -0.1) is 0 Å². The summed E-state index contributed by atoms with van der Waals surface area (Å²) in [5.74, 6) is 2.17. The smallest absolute Gasteiger partial charge is 0.326 e. The third-order valence-electron chi connectivity index (χ3n) is 6.47. The molecule has 2 atom stereocenters. The average molecular weight is 588 g/mol. The lowest BCUT2D eigenvalue weighted by atomic mass is 10.0. The van der Waals surface area contributed by atoms with Crippen LogP contribution < -0.4 is 27.7 Å². The molecule has 0 rings (SSSR count). The number of primary amides is 1. The molecule has 0 saturated heterocycles. The highest BCUT2D eigenvalue weighted by Crippen LogP contribution is 2.13. The maximum Gasteiger partial charge on any atom is 0.326 e. The molecule has 3 amide bonds. The molecule has 0 radical (unpaired) electrons. The van der Waals surface area contributed by atoms with E-state index >= 15 is 0 Å². The number of unbranched alkanes of at least 4 members (excludes halogenated alkanes) is 12. The summed E-state index contributed by atoms with van der Waals surface area (Å²) in [5.41, 5.74) is 7.04. The standard InChI is InChI=1S/C27H50FN7O6/c1-2-3-4-5-6-7-8-9-10-11-12-13-14-15-24(36)33-22(27(39)40)16-17-31-19-21(35-30)18-23(26(29)38)34-25(37)20-32-41-28/h19,22-23,32H,2-18,20,30H2,1H3,(H2,29,38)(H,33,36)(H,34,37)(H,39,40)/t22-,23-/m0/s1.